The van der Waals surface area contributed by atoms with Crippen LogP contribution in [0.5, 0.6) is 0 Å². The molecule has 0 radical (unpaired) electrons. The summed E-state index contributed by atoms with van der Waals surface area (Å²) in [6, 6.07) is 0. The summed E-state index contributed by atoms with van der Waals surface area (Å²) in [7, 11) is 0. The van der Waals surface area contributed by atoms with Crippen LogP contribution < -0.4 is 5.32 Å². The lowest BCUT2D eigenvalue weighted by molar-refractivity contribution is 0.530. The Morgan fingerprint density at radius 2 is 0.742 bits per heavy atom. The van der Waals surface area contributed by atoms with E-state index in [4.69, 9.17) is 0 Å². The van der Waals surface area contributed by atoms with Gasteiger partial charge in [-0.2, -0.15) is 0 Å². The van der Waals surface area contributed by atoms with E-state index in [1.54, 1.807) is 0 Å². The molecule has 0 saturated carbocycles. The second kappa shape index (κ2) is 29.4. The van der Waals surface area contributed by atoms with Crippen LogP contribution in [0.2, 0.25) is 0 Å². The zero-order valence-electron chi connectivity index (χ0n) is 21.8. The van der Waals surface area contributed by atoms with Crippen molar-refractivity contribution in [1.82, 2.24) is 5.32 Å². The molecule has 1 heteroatoms. The molecule has 0 aliphatic rings. The van der Waals surface area contributed by atoms with Gasteiger partial charge in [0.2, 0.25) is 0 Å². The van der Waals surface area contributed by atoms with Gasteiger partial charge >= 0.3 is 0 Å². The summed E-state index contributed by atoms with van der Waals surface area (Å²) in [5.41, 5.74) is 0. The fraction of sp³-hybridized carbons (Fsp3) is 0.867. The molecule has 0 saturated heterocycles. The Morgan fingerprint density at radius 3 is 1.23 bits per heavy atom. The Balaban J connectivity index is 3.08. The van der Waals surface area contributed by atoms with Crippen LogP contribution in [0.3, 0.4) is 0 Å². The maximum Gasteiger partial charge on any atom is -0.00489 e. The average Bonchev–Trinajstić information content (AvgIpc) is 2.78. The molecule has 0 spiro atoms. The molecular weight excluding hydrogens is 374 g/mol. The third kappa shape index (κ3) is 29.4. The van der Waals surface area contributed by atoms with Crippen molar-refractivity contribution in [2.45, 2.75) is 155 Å². The van der Waals surface area contributed by atoms with Crippen molar-refractivity contribution < 1.29 is 0 Å². The van der Waals surface area contributed by atoms with E-state index in [-0.39, 0.29) is 0 Å². The summed E-state index contributed by atoms with van der Waals surface area (Å²) in [4.78, 5) is 0. The first-order valence-corrected chi connectivity index (χ1v) is 14.4. The van der Waals surface area contributed by atoms with Crippen molar-refractivity contribution in [3.05, 3.63) is 24.3 Å². The molecule has 0 fully saturated rings. The second-order valence-corrected chi connectivity index (χ2v) is 9.52. The molecule has 0 aromatic heterocycles. The number of nitrogens with one attached hydrogen (secondary N) is 1. The zero-order chi connectivity index (χ0) is 22.5. The number of unbranched alkanes of at least 4 members (excludes halogenated alkanes) is 18. The largest absolute Gasteiger partial charge is 0.317 e. The summed E-state index contributed by atoms with van der Waals surface area (Å²) in [5, 5.41) is 3.65. The predicted octanol–water partition coefficient (Wildman–Crippen LogP) is 10.3. The van der Waals surface area contributed by atoms with Gasteiger partial charge in [0.05, 0.1) is 0 Å². The van der Waals surface area contributed by atoms with Gasteiger partial charge in [0.25, 0.3) is 0 Å². The SMILES string of the molecule is CCCCC/C=C\C/C=C\CCCCCCCCNCCCCCCCCCCCC. The van der Waals surface area contributed by atoms with Crippen LogP contribution in [0.4, 0.5) is 0 Å². The molecule has 0 aromatic carbocycles. The molecule has 0 bridgehead atoms. The number of allylic oxidation sites excluding steroid dienone is 4. The third-order valence-electron chi connectivity index (χ3n) is 6.26. The van der Waals surface area contributed by atoms with Crippen molar-refractivity contribution in [2.24, 2.45) is 0 Å². The summed E-state index contributed by atoms with van der Waals surface area (Å²) >= 11 is 0. The van der Waals surface area contributed by atoms with Gasteiger partial charge in [-0.15, -0.1) is 0 Å². The first-order valence-electron chi connectivity index (χ1n) is 14.4. The highest BCUT2D eigenvalue weighted by Crippen LogP contribution is 2.10. The minimum Gasteiger partial charge on any atom is -0.317 e. The highest BCUT2D eigenvalue weighted by atomic mass is 14.8. The Labute approximate surface area is 197 Å². The Hall–Kier alpha value is -0.560. The van der Waals surface area contributed by atoms with E-state index in [9.17, 15) is 0 Å². The van der Waals surface area contributed by atoms with Gasteiger partial charge in [0, 0.05) is 0 Å². The molecule has 0 heterocycles. The monoisotopic (exact) mass is 433 g/mol. The molecule has 184 valence electrons. The number of rotatable bonds is 26. The van der Waals surface area contributed by atoms with Crippen LogP contribution in [0.25, 0.3) is 0 Å². The first kappa shape index (κ1) is 30.4. The molecule has 0 amide bonds. The molecule has 0 aliphatic carbocycles. The fourth-order valence-electron chi connectivity index (χ4n) is 4.10. The van der Waals surface area contributed by atoms with Gasteiger partial charge in [-0.25, -0.2) is 0 Å². The summed E-state index contributed by atoms with van der Waals surface area (Å²) in [6.45, 7) is 7.03. The van der Waals surface area contributed by atoms with E-state index < -0.39 is 0 Å². The summed E-state index contributed by atoms with van der Waals surface area (Å²) in [6.07, 6.45) is 39.8. The lowest BCUT2D eigenvalue weighted by Gasteiger charge is -2.05. The van der Waals surface area contributed by atoms with E-state index in [0.717, 1.165) is 6.42 Å². The van der Waals surface area contributed by atoms with Gasteiger partial charge in [0.1, 0.15) is 0 Å². The number of hydrogen-bond donors (Lipinski definition) is 1. The maximum absolute atomic E-state index is 3.65. The van der Waals surface area contributed by atoms with Gasteiger partial charge in [-0.1, -0.05) is 134 Å². The second-order valence-electron chi connectivity index (χ2n) is 9.52. The molecule has 1 N–H and O–H groups in total. The van der Waals surface area contributed by atoms with E-state index in [1.165, 1.54) is 148 Å². The fourth-order valence-corrected chi connectivity index (χ4v) is 4.10. The Morgan fingerprint density at radius 1 is 0.387 bits per heavy atom. The van der Waals surface area contributed by atoms with Gasteiger partial charge in [-0.3, -0.25) is 0 Å². The average molecular weight is 434 g/mol. The van der Waals surface area contributed by atoms with Crippen molar-refractivity contribution >= 4 is 0 Å². The van der Waals surface area contributed by atoms with E-state index >= 15 is 0 Å². The smallest absolute Gasteiger partial charge is 0.00489 e. The molecule has 0 unspecified atom stereocenters. The molecule has 0 aromatic rings. The molecule has 31 heavy (non-hydrogen) atoms. The van der Waals surface area contributed by atoms with E-state index in [0.29, 0.717) is 0 Å². The molecule has 0 atom stereocenters. The first-order chi connectivity index (χ1) is 15.4. The van der Waals surface area contributed by atoms with E-state index in [2.05, 4.69) is 43.5 Å². The van der Waals surface area contributed by atoms with Crippen molar-refractivity contribution in [3.8, 4) is 0 Å². The predicted molar refractivity (Wildman–Crippen MR) is 144 cm³/mol. The summed E-state index contributed by atoms with van der Waals surface area (Å²) < 4.78 is 0. The minimum absolute atomic E-state index is 1.12. The molecular formula is C30H59N. The normalized spacial score (nSPS) is 11.9. The van der Waals surface area contributed by atoms with Crippen LogP contribution in [0.1, 0.15) is 155 Å². The highest BCUT2D eigenvalue weighted by Gasteiger charge is 1.94. The Bertz CT molecular complexity index is 357. The Kier molecular flexibility index (Phi) is 28.9. The van der Waals surface area contributed by atoms with E-state index in [1.807, 2.05) is 0 Å². The summed E-state index contributed by atoms with van der Waals surface area (Å²) in [5.74, 6) is 0. The van der Waals surface area contributed by atoms with Crippen LogP contribution >= 0.6 is 0 Å². The van der Waals surface area contributed by atoms with Crippen LogP contribution in [-0.4, -0.2) is 13.1 Å². The van der Waals surface area contributed by atoms with Gasteiger partial charge in [-0.05, 0) is 58.0 Å². The van der Waals surface area contributed by atoms with Crippen LogP contribution in [0.15, 0.2) is 24.3 Å². The van der Waals surface area contributed by atoms with Crippen LogP contribution in [-0.2, 0) is 0 Å². The van der Waals surface area contributed by atoms with Crippen LogP contribution in [0, 0.1) is 0 Å². The van der Waals surface area contributed by atoms with Crippen molar-refractivity contribution in [1.29, 1.82) is 0 Å². The lowest BCUT2D eigenvalue weighted by atomic mass is 10.1. The number of hydrogen-bond acceptors (Lipinski definition) is 1. The standard InChI is InChI=1S/C30H59N/c1-3-5-7-9-11-13-15-16-17-18-19-20-22-24-26-28-30-31-29-27-25-23-21-14-12-10-8-6-4-2/h11,13,16-17,31H,3-10,12,14-15,18-30H2,1-2H3/b13-11-,17-16-. The zero-order valence-corrected chi connectivity index (χ0v) is 21.8. The lowest BCUT2D eigenvalue weighted by Crippen LogP contribution is -2.16. The molecule has 0 rings (SSSR count). The van der Waals surface area contributed by atoms with Gasteiger partial charge < -0.3 is 5.32 Å². The minimum atomic E-state index is 1.12. The maximum atomic E-state index is 3.65. The van der Waals surface area contributed by atoms with Gasteiger partial charge in [0.15, 0.2) is 0 Å². The van der Waals surface area contributed by atoms with Crippen molar-refractivity contribution in [2.75, 3.05) is 13.1 Å². The molecule has 1 nitrogen and oxygen atoms in total. The molecule has 0 aliphatic heterocycles. The quantitative estimate of drug-likeness (QED) is 0.106. The highest BCUT2D eigenvalue weighted by molar-refractivity contribution is 4.92. The topological polar surface area (TPSA) is 12.0 Å². The van der Waals surface area contributed by atoms with Crippen molar-refractivity contribution in [3.63, 3.8) is 0 Å². The third-order valence-corrected chi connectivity index (χ3v) is 6.26.